The lowest BCUT2D eigenvalue weighted by Crippen LogP contribution is -2.24. The minimum Gasteiger partial charge on any atom is -0.317 e. The summed E-state index contributed by atoms with van der Waals surface area (Å²) in [7, 11) is 0. The molecule has 0 amide bonds. The van der Waals surface area contributed by atoms with E-state index in [9.17, 15) is 0 Å². The zero-order chi connectivity index (χ0) is 10.6. The van der Waals surface area contributed by atoms with E-state index in [0.717, 1.165) is 13.1 Å². The standard InChI is InChI=1S/C12H21NS/c1-5-13-7-6-12(3,4)11-8-10(2)14-9-11/h8-9,13H,5-7H2,1-4H3. The maximum absolute atomic E-state index is 3.38. The van der Waals surface area contributed by atoms with Gasteiger partial charge in [0.25, 0.3) is 0 Å². The number of rotatable bonds is 5. The van der Waals surface area contributed by atoms with Gasteiger partial charge >= 0.3 is 0 Å². The Morgan fingerprint density at radius 2 is 2.14 bits per heavy atom. The zero-order valence-electron chi connectivity index (χ0n) is 9.68. The summed E-state index contributed by atoms with van der Waals surface area (Å²) in [6, 6.07) is 2.32. The number of nitrogens with one attached hydrogen (secondary N) is 1. The third-order valence-electron chi connectivity index (χ3n) is 2.69. The van der Waals surface area contributed by atoms with Gasteiger partial charge in [0.1, 0.15) is 0 Å². The van der Waals surface area contributed by atoms with Crippen LogP contribution >= 0.6 is 11.3 Å². The maximum atomic E-state index is 3.38. The lowest BCUT2D eigenvalue weighted by atomic mass is 9.83. The van der Waals surface area contributed by atoms with E-state index < -0.39 is 0 Å². The van der Waals surface area contributed by atoms with E-state index >= 15 is 0 Å². The molecule has 1 heterocycles. The van der Waals surface area contributed by atoms with Gasteiger partial charge in [-0.2, -0.15) is 0 Å². The largest absolute Gasteiger partial charge is 0.317 e. The van der Waals surface area contributed by atoms with Crippen molar-refractivity contribution in [1.29, 1.82) is 0 Å². The van der Waals surface area contributed by atoms with Crippen molar-refractivity contribution in [2.45, 2.75) is 39.5 Å². The van der Waals surface area contributed by atoms with Crippen LogP contribution in [0.4, 0.5) is 0 Å². The monoisotopic (exact) mass is 211 g/mol. The van der Waals surface area contributed by atoms with Crippen LogP contribution in [0.1, 0.15) is 37.6 Å². The normalized spacial score (nSPS) is 12.0. The van der Waals surface area contributed by atoms with Gasteiger partial charge in [-0.25, -0.2) is 0 Å². The SMILES string of the molecule is CCNCCC(C)(C)c1csc(C)c1. The van der Waals surface area contributed by atoms with Crippen molar-refractivity contribution in [3.8, 4) is 0 Å². The van der Waals surface area contributed by atoms with Crippen molar-refractivity contribution < 1.29 is 0 Å². The molecular formula is C12H21NS. The molecule has 0 aromatic carbocycles. The number of hydrogen-bond donors (Lipinski definition) is 1. The molecule has 0 aliphatic rings. The highest BCUT2D eigenvalue weighted by atomic mass is 32.1. The van der Waals surface area contributed by atoms with E-state index in [1.165, 1.54) is 16.9 Å². The number of thiophene rings is 1. The van der Waals surface area contributed by atoms with Gasteiger partial charge in [-0.15, -0.1) is 11.3 Å². The average molecular weight is 211 g/mol. The molecule has 1 aromatic rings. The Hall–Kier alpha value is -0.340. The molecule has 0 fully saturated rings. The summed E-state index contributed by atoms with van der Waals surface area (Å²) in [5, 5.41) is 5.68. The van der Waals surface area contributed by atoms with Gasteiger partial charge in [-0.1, -0.05) is 20.8 Å². The van der Waals surface area contributed by atoms with Gasteiger partial charge in [-0.3, -0.25) is 0 Å². The molecule has 0 radical (unpaired) electrons. The van der Waals surface area contributed by atoms with Crippen molar-refractivity contribution in [3.05, 3.63) is 21.9 Å². The minimum atomic E-state index is 0.312. The third-order valence-corrected chi connectivity index (χ3v) is 3.55. The predicted octanol–water partition coefficient (Wildman–Crippen LogP) is 3.33. The van der Waals surface area contributed by atoms with Gasteiger partial charge in [0, 0.05) is 4.88 Å². The van der Waals surface area contributed by atoms with Gasteiger partial charge in [0.2, 0.25) is 0 Å². The molecule has 1 nitrogen and oxygen atoms in total. The van der Waals surface area contributed by atoms with Crippen LogP contribution in [-0.4, -0.2) is 13.1 Å². The molecule has 0 unspecified atom stereocenters. The lowest BCUT2D eigenvalue weighted by molar-refractivity contribution is 0.462. The van der Waals surface area contributed by atoms with Crippen molar-refractivity contribution in [2.75, 3.05) is 13.1 Å². The Labute approximate surface area is 91.5 Å². The molecule has 0 bridgehead atoms. The fourth-order valence-electron chi connectivity index (χ4n) is 1.52. The smallest absolute Gasteiger partial charge is 0.00172 e. The van der Waals surface area contributed by atoms with E-state index in [2.05, 4.69) is 44.5 Å². The third kappa shape index (κ3) is 3.10. The van der Waals surface area contributed by atoms with Crippen LogP contribution in [-0.2, 0) is 5.41 Å². The van der Waals surface area contributed by atoms with E-state index in [4.69, 9.17) is 0 Å². The quantitative estimate of drug-likeness (QED) is 0.737. The van der Waals surface area contributed by atoms with Gasteiger partial charge in [0.05, 0.1) is 0 Å². The summed E-state index contributed by atoms with van der Waals surface area (Å²) in [4.78, 5) is 1.41. The topological polar surface area (TPSA) is 12.0 Å². The number of hydrogen-bond acceptors (Lipinski definition) is 2. The molecule has 1 aromatic heterocycles. The lowest BCUT2D eigenvalue weighted by Gasteiger charge is -2.23. The highest BCUT2D eigenvalue weighted by molar-refractivity contribution is 7.10. The van der Waals surface area contributed by atoms with Crippen molar-refractivity contribution >= 4 is 11.3 Å². The van der Waals surface area contributed by atoms with Crippen LogP contribution in [0, 0.1) is 6.92 Å². The van der Waals surface area contributed by atoms with Crippen LogP contribution < -0.4 is 5.32 Å². The van der Waals surface area contributed by atoms with Crippen LogP contribution in [0.5, 0.6) is 0 Å². The molecule has 1 N–H and O–H groups in total. The van der Waals surface area contributed by atoms with Gasteiger partial charge < -0.3 is 5.32 Å². The predicted molar refractivity (Wildman–Crippen MR) is 65.2 cm³/mol. The molecule has 0 saturated carbocycles. The van der Waals surface area contributed by atoms with Gasteiger partial charge in [-0.05, 0) is 48.9 Å². The summed E-state index contributed by atoms with van der Waals surface area (Å²) in [6.07, 6.45) is 1.21. The fraction of sp³-hybridized carbons (Fsp3) is 0.667. The second-order valence-corrected chi connectivity index (χ2v) is 5.55. The van der Waals surface area contributed by atoms with Crippen molar-refractivity contribution in [3.63, 3.8) is 0 Å². The molecule has 0 saturated heterocycles. The first-order valence-corrected chi connectivity index (χ1v) is 6.20. The van der Waals surface area contributed by atoms with Crippen molar-refractivity contribution in [2.24, 2.45) is 0 Å². The Morgan fingerprint density at radius 1 is 1.43 bits per heavy atom. The second kappa shape index (κ2) is 4.94. The van der Waals surface area contributed by atoms with Crippen LogP contribution in [0.2, 0.25) is 0 Å². The first-order chi connectivity index (χ1) is 6.56. The fourth-order valence-corrected chi connectivity index (χ4v) is 2.42. The second-order valence-electron chi connectivity index (χ2n) is 4.43. The summed E-state index contributed by atoms with van der Waals surface area (Å²) in [5.74, 6) is 0. The summed E-state index contributed by atoms with van der Waals surface area (Å²) < 4.78 is 0. The molecule has 1 rings (SSSR count). The zero-order valence-corrected chi connectivity index (χ0v) is 10.5. The highest BCUT2D eigenvalue weighted by Crippen LogP contribution is 2.30. The summed E-state index contributed by atoms with van der Waals surface area (Å²) >= 11 is 1.85. The van der Waals surface area contributed by atoms with Crippen LogP contribution in [0.15, 0.2) is 11.4 Å². The highest BCUT2D eigenvalue weighted by Gasteiger charge is 2.20. The Balaban J connectivity index is 2.56. The first kappa shape index (κ1) is 11.7. The maximum Gasteiger partial charge on any atom is 0.00172 e. The molecule has 0 aliphatic carbocycles. The summed E-state index contributed by atoms with van der Waals surface area (Å²) in [6.45, 7) is 11.2. The van der Waals surface area contributed by atoms with E-state index in [0.29, 0.717) is 5.41 Å². The molecule has 14 heavy (non-hydrogen) atoms. The minimum absolute atomic E-state index is 0.312. The van der Waals surface area contributed by atoms with E-state index in [1.807, 2.05) is 11.3 Å². The van der Waals surface area contributed by atoms with E-state index in [-0.39, 0.29) is 0 Å². The van der Waals surface area contributed by atoms with Gasteiger partial charge in [0.15, 0.2) is 0 Å². The first-order valence-electron chi connectivity index (χ1n) is 5.32. The number of aryl methyl sites for hydroxylation is 1. The Morgan fingerprint density at radius 3 is 2.64 bits per heavy atom. The molecule has 2 heteroatoms. The molecule has 80 valence electrons. The Kier molecular flexibility index (Phi) is 4.14. The molecular weight excluding hydrogens is 190 g/mol. The van der Waals surface area contributed by atoms with Crippen molar-refractivity contribution in [1.82, 2.24) is 5.32 Å². The molecule has 0 spiro atoms. The molecule has 0 aliphatic heterocycles. The van der Waals surface area contributed by atoms with Crippen LogP contribution in [0.3, 0.4) is 0 Å². The average Bonchev–Trinajstić information content (AvgIpc) is 2.53. The molecule has 0 atom stereocenters. The summed E-state index contributed by atoms with van der Waals surface area (Å²) in [5.41, 5.74) is 1.80. The Bertz CT molecular complexity index is 276. The van der Waals surface area contributed by atoms with E-state index in [1.54, 1.807) is 0 Å². The van der Waals surface area contributed by atoms with Crippen LogP contribution in [0.25, 0.3) is 0 Å².